The highest BCUT2D eigenvalue weighted by molar-refractivity contribution is 7.98. The van der Waals surface area contributed by atoms with Gasteiger partial charge in [0.15, 0.2) is 0 Å². The standard InChI is InChI=1S/C18H23NS/c1-15(14-20-2)12-19-13-16-8-10-18(11-9-16)17-6-4-3-5-7-17/h3-11,15,19H,12-14H2,1-2H3. The highest BCUT2D eigenvalue weighted by atomic mass is 32.2. The molecule has 0 aliphatic rings. The topological polar surface area (TPSA) is 12.0 Å². The van der Waals surface area contributed by atoms with Gasteiger partial charge in [-0.05, 0) is 41.2 Å². The number of hydrogen-bond donors (Lipinski definition) is 1. The molecule has 1 N–H and O–H groups in total. The van der Waals surface area contributed by atoms with Crippen molar-refractivity contribution in [2.45, 2.75) is 13.5 Å². The molecule has 0 aliphatic carbocycles. The van der Waals surface area contributed by atoms with E-state index >= 15 is 0 Å². The Hall–Kier alpha value is -1.25. The Morgan fingerprint density at radius 2 is 1.60 bits per heavy atom. The van der Waals surface area contributed by atoms with Crippen LogP contribution in [0.3, 0.4) is 0 Å². The molecule has 0 aromatic heterocycles. The lowest BCUT2D eigenvalue weighted by Gasteiger charge is -2.11. The van der Waals surface area contributed by atoms with Gasteiger partial charge in [0.05, 0.1) is 0 Å². The monoisotopic (exact) mass is 285 g/mol. The van der Waals surface area contributed by atoms with Gasteiger partial charge in [-0.1, -0.05) is 61.5 Å². The lowest BCUT2D eigenvalue weighted by atomic mass is 10.0. The average Bonchev–Trinajstić information content (AvgIpc) is 2.49. The van der Waals surface area contributed by atoms with E-state index in [9.17, 15) is 0 Å². The van der Waals surface area contributed by atoms with Crippen molar-refractivity contribution in [3.8, 4) is 11.1 Å². The van der Waals surface area contributed by atoms with E-state index in [1.165, 1.54) is 22.4 Å². The van der Waals surface area contributed by atoms with Gasteiger partial charge in [-0.2, -0.15) is 11.8 Å². The summed E-state index contributed by atoms with van der Waals surface area (Å²) in [6.07, 6.45) is 2.17. The molecular formula is C18H23NS. The largest absolute Gasteiger partial charge is 0.312 e. The summed E-state index contributed by atoms with van der Waals surface area (Å²) in [7, 11) is 0. The molecule has 2 aromatic rings. The van der Waals surface area contributed by atoms with Crippen LogP contribution in [0.25, 0.3) is 11.1 Å². The van der Waals surface area contributed by atoms with Crippen LogP contribution >= 0.6 is 11.8 Å². The zero-order chi connectivity index (χ0) is 14.2. The Balaban J connectivity index is 1.86. The molecule has 1 atom stereocenters. The molecule has 0 saturated carbocycles. The Labute approximate surface area is 126 Å². The molecule has 0 heterocycles. The smallest absolute Gasteiger partial charge is 0.0205 e. The third kappa shape index (κ3) is 4.69. The maximum Gasteiger partial charge on any atom is 0.0205 e. The zero-order valence-electron chi connectivity index (χ0n) is 12.3. The molecule has 0 amide bonds. The predicted molar refractivity (Wildman–Crippen MR) is 91.1 cm³/mol. The highest BCUT2D eigenvalue weighted by Gasteiger charge is 2.01. The number of thioether (sulfide) groups is 1. The van der Waals surface area contributed by atoms with Crippen LogP contribution in [0, 0.1) is 5.92 Å². The first kappa shape index (κ1) is 15.1. The summed E-state index contributed by atoms with van der Waals surface area (Å²) in [5.74, 6) is 1.95. The number of hydrogen-bond acceptors (Lipinski definition) is 2. The zero-order valence-corrected chi connectivity index (χ0v) is 13.1. The molecule has 0 saturated heterocycles. The number of nitrogens with one attached hydrogen (secondary N) is 1. The summed E-state index contributed by atoms with van der Waals surface area (Å²) in [4.78, 5) is 0. The van der Waals surface area contributed by atoms with E-state index in [0.29, 0.717) is 0 Å². The van der Waals surface area contributed by atoms with Crippen molar-refractivity contribution in [1.29, 1.82) is 0 Å². The van der Waals surface area contributed by atoms with Gasteiger partial charge >= 0.3 is 0 Å². The fourth-order valence-corrected chi connectivity index (χ4v) is 2.94. The van der Waals surface area contributed by atoms with Crippen LogP contribution in [0.15, 0.2) is 54.6 Å². The fourth-order valence-electron chi connectivity index (χ4n) is 2.25. The second-order valence-corrected chi connectivity index (χ2v) is 6.17. The predicted octanol–water partition coefficient (Wildman–Crippen LogP) is 4.44. The van der Waals surface area contributed by atoms with Gasteiger partial charge in [-0.25, -0.2) is 0 Å². The molecule has 0 bridgehead atoms. The molecule has 2 aromatic carbocycles. The van der Waals surface area contributed by atoms with Crippen molar-refractivity contribution in [1.82, 2.24) is 5.32 Å². The average molecular weight is 285 g/mol. The molecule has 0 spiro atoms. The van der Waals surface area contributed by atoms with E-state index in [2.05, 4.69) is 73.1 Å². The summed E-state index contributed by atoms with van der Waals surface area (Å²) in [6.45, 7) is 4.33. The molecular weight excluding hydrogens is 262 g/mol. The molecule has 1 unspecified atom stereocenters. The van der Waals surface area contributed by atoms with Crippen molar-refractivity contribution in [2.24, 2.45) is 5.92 Å². The quantitative estimate of drug-likeness (QED) is 0.807. The van der Waals surface area contributed by atoms with Gasteiger partial charge in [-0.3, -0.25) is 0 Å². The SMILES string of the molecule is CSCC(C)CNCc1ccc(-c2ccccc2)cc1. The molecule has 1 nitrogen and oxygen atoms in total. The Morgan fingerprint density at radius 3 is 2.25 bits per heavy atom. The molecule has 2 heteroatoms. The first-order chi connectivity index (χ1) is 9.79. The fraction of sp³-hybridized carbons (Fsp3) is 0.333. The lowest BCUT2D eigenvalue weighted by molar-refractivity contribution is 0.559. The van der Waals surface area contributed by atoms with Gasteiger partial charge in [0.1, 0.15) is 0 Å². The summed E-state index contributed by atoms with van der Waals surface area (Å²) in [5.41, 5.74) is 3.91. The summed E-state index contributed by atoms with van der Waals surface area (Å²) in [6, 6.07) is 19.4. The highest BCUT2D eigenvalue weighted by Crippen LogP contribution is 2.19. The second-order valence-electron chi connectivity index (χ2n) is 5.25. The molecule has 2 rings (SSSR count). The molecule has 20 heavy (non-hydrogen) atoms. The van der Waals surface area contributed by atoms with Crippen LogP contribution in [-0.4, -0.2) is 18.6 Å². The number of benzene rings is 2. The second kappa shape index (κ2) is 8.13. The summed E-state index contributed by atoms with van der Waals surface area (Å²) in [5, 5.41) is 3.53. The van der Waals surface area contributed by atoms with E-state index in [-0.39, 0.29) is 0 Å². The van der Waals surface area contributed by atoms with Crippen molar-refractivity contribution < 1.29 is 0 Å². The van der Waals surface area contributed by atoms with Crippen molar-refractivity contribution in [3.63, 3.8) is 0 Å². The summed E-state index contributed by atoms with van der Waals surface area (Å²) < 4.78 is 0. The van der Waals surface area contributed by atoms with Crippen LogP contribution in [0.5, 0.6) is 0 Å². The van der Waals surface area contributed by atoms with Gasteiger partial charge in [0.25, 0.3) is 0 Å². The molecule has 0 fully saturated rings. The maximum absolute atomic E-state index is 3.53. The third-order valence-corrected chi connectivity index (χ3v) is 4.24. The minimum Gasteiger partial charge on any atom is -0.312 e. The van der Waals surface area contributed by atoms with Crippen LogP contribution < -0.4 is 5.32 Å². The Bertz CT molecular complexity index is 493. The van der Waals surface area contributed by atoms with E-state index in [1.54, 1.807) is 0 Å². The van der Waals surface area contributed by atoms with Crippen LogP contribution in [0.2, 0.25) is 0 Å². The third-order valence-electron chi connectivity index (χ3n) is 3.33. The van der Waals surface area contributed by atoms with E-state index in [1.807, 2.05) is 11.8 Å². The Morgan fingerprint density at radius 1 is 0.950 bits per heavy atom. The molecule has 0 aliphatic heterocycles. The van der Waals surface area contributed by atoms with E-state index in [0.717, 1.165) is 19.0 Å². The van der Waals surface area contributed by atoms with Crippen molar-refractivity contribution >= 4 is 11.8 Å². The molecule has 0 radical (unpaired) electrons. The normalized spacial score (nSPS) is 12.3. The number of rotatable bonds is 7. The van der Waals surface area contributed by atoms with Gasteiger partial charge in [-0.15, -0.1) is 0 Å². The van der Waals surface area contributed by atoms with Crippen molar-refractivity contribution in [2.75, 3.05) is 18.6 Å². The molecule has 106 valence electrons. The van der Waals surface area contributed by atoms with Gasteiger partial charge < -0.3 is 5.32 Å². The van der Waals surface area contributed by atoms with E-state index < -0.39 is 0 Å². The maximum atomic E-state index is 3.53. The van der Waals surface area contributed by atoms with Crippen molar-refractivity contribution in [3.05, 3.63) is 60.2 Å². The summed E-state index contributed by atoms with van der Waals surface area (Å²) >= 11 is 1.92. The van der Waals surface area contributed by atoms with E-state index in [4.69, 9.17) is 0 Å². The Kier molecular flexibility index (Phi) is 6.16. The minimum atomic E-state index is 0.730. The van der Waals surface area contributed by atoms with Crippen LogP contribution in [-0.2, 0) is 6.54 Å². The lowest BCUT2D eigenvalue weighted by Crippen LogP contribution is -2.21. The minimum absolute atomic E-state index is 0.730. The van der Waals surface area contributed by atoms with Gasteiger partial charge in [0, 0.05) is 6.54 Å². The first-order valence-corrected chi connectivity index (χ1v) is 8.53. The van der Waals surface area contributed by atoms with Crippen LogP contribution in [0.1, 0.15) is 12.5 Å². The van der Waals surface area contributed by atoms with Crippen LogP contribution in [0.4, 0.5) is 0 Å². The van der Waals surface area contributed by atoms with Gasteiger partial charge in [0.2, 0.25) is 0 Å². The first-order valence-electron chi connectivity index (χ1n) is 7.13.